The van der Waals surface area contributed by atoms with Crippen molar-refractivity contribution in [2.24, 2.45) is 5.92 Å². The van der Waals surface area contributed by atoms with Gasteiger partial charge in [-0.1, -0.05) is 54.7 Å². The molecule has 0 unspecified atom stereocenters. The first-order chi connectivity index (χ1) is 13.7. The number of allylic oxidation sites excluding steroid dienone is 2. The van der Waals surface area contributed by atoms with Crippen LogP contribution in [0.25, 0.3) is 0 Å². The molecule has 0 N–H and O–H groups in total. The summed E-state index contributed by atoms with van der Waals surface area (Å²) in [7, 11) is 0. The molecule has 0 radical (unpaired) electrons. The molecule has 1 saturated carbocycles. The van der Waals surface area contributed by atoms with Crippen LogP contribution in [0.3, 0.4) is 0 Å². The predicted octanol–water partition coefficient (Wildman–Crippen LogP) is 7.90. The van der Waals surface area contributed by atoms with Crippen molar-refractivity contribution < 1.29 is 4.39 Å². The van der Waals surface area contributed by atoms with Gasteiger partial charge in [-0.3, -0.25) is 0 Å². The van der Waals surface area contributed by atoms with E-state index in [4.69, 9.17) is 11.6 Å². The highest BCUT2D eigenvalue weighted by Gasteiger charge is 2.21. The van der Waals surface area contributed by atoms with E-state index in [1.165, 1.54) is 50.2 Å². The molecule has 0 aromatic heterocycles. The molecule has 28 heavy (non-hydrogen) atoms. The second kappa shape index (κ2) is 10.5. The molecule has 2 heteroatoms. The summed E-state index contributed by atoms with van der Waals surface area (Å²) in [5, 5.41) is 0.388. The molecule has 0 heterocycles. The van der Waals surface area contributed by atoms with Gasteiger partial charge in [0.2, 0.25) is 0 Å². The van der Waals surface area contributed by atoms with Gasteiger partial charge in [0, 0.05) is 10.6 Å². The quantitative estimate of drug-likeness (QED) is 0.357. The van der Waals surface area contributed by atoms with Crippen molar-refractivity contribution in [1.29, 1.82) is 0 Å². The van der Waals surface area contributed by atoms with E-state index in [9.17, 15) is 4.39 Å². The third-order valence-electron chi connectivity index (χ3n) is 5.65. The summed E-state index contributed by atoms with van der Waals surface area (Å²) in [5.74, 6) is 7.13. The minimum absolute atomic E-state index is 0.376. The second-order valence-electron chi connectivity index (χ2n) is 7.67. The Labute approximate surface area is 173 Å². The molecule has 0 spiro atoms. The van der Waals surface area contributed by atoms with Crippen molar-refractivity contribution in [2.75, 3.05) is 0 Å². The fraction of sp³-hybridized carbons (Fsp3) is 0.385. The molecule has 0 atom stereocenters. The largest absolute Gasteiger partial charge is 0.206 e. The average Bonchev–Trinajstić information content (AvgIpc) is 2.72. The Morgan fingerprint density at radius 3 is 2.43 bits per heavy atom. The Kier molecular flexibility index (Phi) is 7.75. The van der Waals surface area contributed by atoms with Gasteiger partial charge in [-0.15, -0.1) is 0 Å². The van der Waals surface area contributed by atoms with Crippen molar-refractivity contribution in [3.8, 4) is 11.8 Å². The van der Waals surface area contributed by atoms with Crippen LogP contribution in [0.4, 0.5) is 4.39 Å². The third kappa shape index (κ3) is 5.98. The van der Waals surface area contributed by atoms with E-state index in [2.05, 4.69) is 55.2 Å². The molecule has 0 aliphatic heterocycles. The summed E-state index contributed by atoms with van der Waals surface area (Å²) in [6.07, 6.45) is 13.5. The summed E-state index contributed by atoms with van der Waals surface area (Å²) in [4.78, 5) is 0. The molecule has 1 aliphatic carbocycles. The summed E-state index contributed by atoms with van der Waals surface area (Å²) < 4.78 is 13.8. The van der Waals surface area contributed by atoms with Crippen LogP contribution in [-0.2, 0) is 0 Å². The van der Waals surface area contributed by atoms with E-state index in [0.29, 0.717) is 16.5 Å². The highest BCUT2D eigenvalue weighted by atomic mass is 35.5. The Morgan fingerprint density at radius 2 is 1.75 bits per heavy atom. The molecule has 1 aliphatic rings. The van der Waals surface area contributed by atoms with Crippen molar-refractivity contribution in [3.05, 3.63) is 82.1 Å². The highest BCUT2D eigenvalue weighted by molar-refractivity contribution is 6.30. The fourth-order valence-electron chi connectivity index (χ4n) is 3.97. The average molecular weight is 395 g/mol. The maximum atomic E-state index is 13.8. The van der Waals surface area contributed by atoms with E-state index in [1.807, 2.05) is 0 Å². The molecule has 0 bridgehead atoms. The zero-order valence-electron chi connectivity index (χ0n) is 16.6. The van der Waals surface area contributed by atoms with Gasteiger partial charge in [0.1, 0.15) is 5.82 Å². The lowest BCUT2D eigenvalue weighted by Gasteiger charge is -2.28. The van der Waals surface area contributed by atoms with Crippen LogP contribution >= 0.6 is 11.6 Å². The first kappa shape index (κ1) is 20.7. The lowest BCUT2D eigenvalue weighted by Crippen LogP contribution is -2.13. The number of rotatable bonds is 5. The van der Waals surface area contributed by atoms with Gasteiger partial charge in [-0.25, -0.2) is 4.39 Å². The van der Waals surface area contributed by atoms with E-state index in [-0.39, 0.29) is 5.82 Å². The van der Waals surface area contributed by atoms with Gasteiger partial charge >= 0.3 is 0 Å². The van der Waals surface area contributed by atoms with Gasteiger partial charge in [-0.2, -0.15) is 0 Å². The van der Waals surface area contributed by atoms with Crippen LogP contribution in [0.5, 0.6) is 0 Å². The smallest absolute Gasteiger partial charge is 0.140 e. The number of halogens is 2. The molecule has 2 aromatic rings. The first-order valence-electron chi connectivity index (χ1n) is 10.4. The van der Waals surface area contributed by atoms with Gasteiger partial charge in [0.15, 0.2) is 0 Å². The highest BCUT2D eigenvalue weighted by Crippen LogP contribution is 2.37. The van der Waals surface area contributed by atoms with Gasteiger partial charge in [0.05, 0.1) is 5.56 Å². The number of hydrogen-bond donors (Lipinski definition) is 0. The normalized spacial score (nSPS) is 19.4. The molecule has 1 fully saturated rings. The topological polar surface area (TPSA) is 0 Å². The molecule has 146 valence electrons. The Balaban J connectivity index is 1.54. The van der Waals surface area contributed by atoms with Crippen LogP contribution in [0.15, 0.2) is 54.6 Å². The van der Waals surface area contributed by atoms with Crippen LogP contribution in [0, 0.1) is 23.6 Å². The summed E-state index contributed by atoms with van der Waals surface area (Å²) in [6.45, 7) is 2.19. The molecular formula is C26H28ClF. The van der Waals surface area contributed by atoms with Gasteiger partial charge in [0.25, 0.3) is 0 Å². The van der Waals surface area contributed by atoms with Crippen molar-refractivity contribution >= 4 is 11.6 Å². The fourth-order valence-corrected chi connectivity index (χ4v) is 4.13. The lowest BCUT2D eigenvalue weighted by molar-refractivity contribution is 0.312. The molecular weight excluding hydrogens is 367 g/mol. The molecule has 0 saturated heterocycles. The minimum atomic E-state index is -0.376. The third-order valence-corrected chi connectivity index (χ3v) is 5.88. The van der Waals surface area contributed by atoms with Crippen molar-refractivity contribution in [2.45, 2.75) is 57.8 Å². The number of hydrogen-bond acceptors (Lipinski definition) is 0. The summed E-state index contributed by atoms with van der Waals surface area (Å²) >= 11 is 5.78. The minimum Gasteiger partial charge on any atom is -0.206 e. The zero-order chi connectivity index (χ0) is 19.8. The maximum absolute atomic E-state index is 13.8. The molecule has 0 nitrogen and oxygen atoms in total. The van der Waals surface area contributed by atoms with Crippen LogP contribution in [0.1, 0.15) is 74.5 Å². The van der Waals surface area contributed by atoms with Crippen LogP contribution < -0.4 is 0 Å². The van der Waals surface area contributed by atoms with Crippen molar-refractivity contribution in [3.63, 3.8) is 0 Å². The van der Waals surface area contributed by atoms with E-state index in [1.54, 1.807) is 12.1 Å². The second-order valence-corrected chi connectivity index (χ2v) is 8.11. The van der Waals surface area contributed by atoms with Gasteiger partial charge < -0.3 is 0 Å². The van der Waals surface area contributed by atoms with Crippen molar-refractivity contribution in [1.82, 2.24) is 0 Å². The zero-order valence-corrected chi connectivity index (χ0v) is 17.3. The Bertz CT molecular complexity index is 846. The monoisotopic (exact) mass is 394 g/mol. The van der Waals surface area contributed by atoms with E-state index in [0.717, 1.165) is 17.9 Å². The predicted molar refractivity (Wildman–Crippen MR) is 117 cm³/mol. The maximum Gasteiger partial charge on any atom is 0.140 e. The summed E-state index contributed by atoms with van der Waals surface area (Å²) in [6, 6.07) is 13.1. The SMILES string of the molecule is CCC=CCCC1CCC(c2ccc(C#Cc3ccc(Cl)cc3F)cc2)CC1. The Morgan fingerprint density at radius 1 is 1.00 bits per heavy atom. The van der Waals surface area contributed by atoms with Crippen LogP contribution in [-0.4, -0.2) is 0 Å². The Hall–Kier alpha value is -2.04. The number of benzene rings is 2. The molecule has 0 amide bonds. The van der Waals surface area contributed by atoms with Gasteiger partial charge in [-0.05, 0) is 92.7 Å². The molecule has 2 aromatic carbocycles. The van der Waals surface area contributed by atoms with Crippen LogP contribution in [0.2, 0.25) is 5.02 Å². The standard InChI is InChI=1S/C26H28ClF/c1-2-3-4-5-6-20-7-12-22(13-8-20)23-14-9-21(10-15-23)11-16-24-17-18-25(27)19-26(24)28/h3-4,9-10,14-15,17-20,22H,2,5-8,12-13H2,1H3. The van der Waals surface area contributed by atoms with E-state index >= 15 is 0 Å². The lowest BCUT2D eigenvalue weighted by atomic mass is 9.77. The summed E-state index contributed by atoms with van der Waals surface area (Å²) in [5.41, 5.74) is 2.70. The molecule has 3 rings (SSSR count). The first-order valence-corrected chi connectivity index (χ1v) is 10.8. The van der Waals surface area contributed by atoms with E-state index < -0.39 is 0 Å².